The quantitative estimate of drug-likeness (QED) is 0.423. The van der Waals surface area contributed by atoms with E-state index in [4.69, 9.17) is 21.1 Å². The van der Waals surface area contributed by atoms with Gasteiger partial charge in [-0.05, 0) is 42.8 Å². The molecule has 9 heteroatoms. The molecule has 152 valence electrons. The lowest BCUT2D eigenvalue weighted by molar-refractivity contribution is 0.174. The molecule has 6 rings (SSSR count). The van der Waals surface area contributed by atoms with Crippen LogP contribution in [0.5, 0.6) is 11.5 Å². The molecule has 5 aromatic rings. The third-order valence-corrected chi connectivity index (χ3v) is 5.57. The Morgan fingerprint density at radius 1 is 1.00 bits per heavy atom. The van der Waals surface area contributed by atoms with Crippen molar-refractivity contribution in [2.75, 3.05) is 6.79 Å². The Balaban J connectivity index is 1.55. The van der Waals surface area contributed by atoms with Gasteiger partial charge >= 0.3 is 0 Å². The Hall–Kier alpha value is -3.91. The van der Waals surface area contributed by atoms with Crippen LogP contribution in [0.25, 0.3) is 33.5 Å². The van der Waals surface area contributed by atoms with Gasteiger partial charge in [0.1, 0.15) is 5.52 Å². The SMILES string of the molecule is Cc1nn2c(nnc3c(=O)n(-c4ccc5c(c4)OCO5)ccc32)c1-c1ccc(Cl)cc1. The number of pyridine rings is 1. The predicted molar refractivity (Wildman–Crippen MR) is 115 cm³/mol. The molecule has 0 aliphatic carbocycles. The van der Waals surface area contributed by atoms with Crippen LogP contribution in [-0.2, 0) is 0 Å². The van der Waals surface area contributed by atoms with E-state index in [2.05, 4.69) is 15.3 Å². The first kappa shape index (κ1) is 17.9. The van der Waals surface area contributed by atoms with E-state index in [0.717, 1.165) is 16.8 Å². The molecule has 1 aliphatic heterocycles. The Morgan fingerprint density at radius 3 is 2.65 bits per heavy atom. The molecule has 31 heavy (non-hydrogen) atoms. The molecule has 3 aromatic heterocycles. The van der Waals surface area contributed by atoms with Gasteiger partial charge in [-0.3, -0.25) is 9.36 Å². The van der Waals surface area contributed by atoms with Gasteiger partial charge in [0, 0.05) is 17.3 Å². The smallest absolute Gasteiger partial charge is 0.285 e. The molecule has 1 aliphatic rings. The minimum atomic E-state index is -0.299. The summed E-state index contributed by atoms with van der Waals surface area (Å²) in [5.41, 5.74) is 4.29. The summed E-state index contributed by atoms with van der Waals surface area (Å²) in [7, 11) is 0. The van der Waals surface area contributed by atoms with Crippen LogP contribution in [0.3, 0.4) is 0 Å². The van der Waals surface area contributed by atoms with Crippen molar-refractivity contribution in [1.82, 2.24) is 24.4 Å². The maximum absolute atomic E-state index is 13.2. The first-order valence-corrected chi connectivity index (χ1v) is 9.91. The molecule has 0 bridgehead atoms. The lowest BCUT2D eigenvalue weighted by Crippen LogP contribution is -2.20. The predicted octanol–water partition coefficient (Wildman–Crippen LogP) is 3.79. The second-order valence-electron chi connectivity index (χ2n) is 7.17. The van der Waals surface area contributed by atoms with Gasteiger partial charge in [0.2, 0.25) is 6.79 Å². The topological polar surface area (TPSA) is 83.5 Å². The molecule has 0 amide bonds. The zero-order valence-corrected chi connectivity index (χ0v) is 17.0. The minimum absolute atomic E-state index is 0.170. The summed E-state index contributed by atoms with van der Waals surface area (Å²) in [4.78, 5) is 13.2. The molecule has 0 radical (unpaired) electrons. The minimum Gasteiger partial charge on any atom is -0.454 e. The molecule has 4 heterocycles. The number of hydrogen-bond acceptors (Lipinski definition) is 6. The van der Waals surface area contributed by atoms with Crippen molar-refractivity contribution in [2.45, 2.75) is 6.92 Å². The van der Waals surface area contributed by atoms with Gasteiger partial charge in [0.15, 0.2) is 22.7 Å². The van der Waals surface area contributed by atoms with Crippen molar-refractivity contribution in [2.24, 2.45) is 0 Å². The van der Waals surface area contributed by atoms with Crippen LogP contribution in [0.2, 0.25) is 5.02 Å². The van der Waals surface area contributed by atoms with E-state index in [-0.39, 0.29) is 17.9 Å². The van der Waals surface area contributed by atoms with Gasteiger partial charge in [-0.15, -0.1) is 10.2 Å². The van der Waals surface area contributed by atoms with Crippen LogP contribution in [0.4, 0.5) is 0 Å². The molecule has 0 atom stereocenters. The molecule has 0 N–H and O–H groups in total. The Bertz CT molecular complexity index is 1560. The van der Waals surface area contributed by atoms with Crippen molar-refractivity contribution in [3.05, 3.63) is 75.8 Å². The fourth-order valence-electron chi connectivity index (χ4n) is 3.85. The van der Waals surface area contributed by atoms with Gasteiger partial charge in [0.05, 0.1) is 16.9 Å². The van der Waals surface area contributed by atoms with Crippen LogP contribution >= 0.6 is 11.6 Å². The van der Waals surface area contributed by atoms with Crippen molar-refractivity contribution in [3.63, 3.8) is 0 Å². The molecule has 0 fully saturated rings. The number of halogens is 1. The maximum Gasteiger partial charge on any atom is 0.285 e. The van der Waals surface area contributed by atoms with Crippen LogP contribution in [0.1, 0.15) is 5.69 Å². The number of ether oxygens (including phenoxy) is 2. The molecular formula is C22H14ClN5O3. The highest BCUT2D eigenvalue weighted by Crippen LogP contribution is 2.33. The summed E-state index contributed by atoms with van der Waals surface area (Å²) in [5, 5.41) is 13.9. The van der Waals surface area contributed by atoms with Crippen LogP contribution in [-0.4, -0.2) is 31.2 Å². The summed E-state index contributed by atoms with van der Waals surface area (Å²) in [6, 6.07) is 14.6. The molecule has 0 unspecified atom stereocenters. The lowest BCUT2D eigenvalue weighted by Gasteiger charge is -2.08. The number of aromatic nitrogens is 5. The normalized spacial score (nSPS) is 12.7. The molecule has 0 spiro atoms. The maximum atomic E-state index is 13.2. The monoisotopic (exact) mass is 431 g/mol. The second kappa shape index (κ2) is 6.55. The van der Waals surface area contributed by atoms with Crippen LogP contribution < -0.4 is 15.0 Å². The Morgan fingerprint density at radius 2 is 1.81 bits per heavy atom. The van der Waals surface area contributed by atoms with E-state index in [9.17, 15) is 4.79 Å². The van der Waals surface area contributed by atoms with E-state index in [1.807, 2.05) is 31.2 Å². The molecule has 2 aromatic carbocycles. The van der Waals surface area contributed by atoms with Crippen LogP contribution in [0, 0.1) is 6.92 Å². The highest BCUT2D eigenvalue weighted by atomic mass is 35.5. The van der Waals surface area contributed by atoms with E-state index >= 15 is 0 Å². The molecule has 0 saturated carbocycles. The van der Waals surface area contributed by atoms with Crippen molar-refractivity contribution in [3.8, 4) is 28.3 Å². The van der Waals surface area contributed by atoms with Gasteiger partial charge in [-0.25, -0.2) is 4.52 Å². The summed E-state index contributed by atoms with van der Waals surface area (Å²) in [5.74, 6) is 1.25. The largest absolute Gasteiger partial charge is 0.454 e. The van der Waals surface area contributed by atoms with E-state index in [0.29, 0.717) is 33.4 Å². The number of aryl methyl sites for hydroxylation is 1. The second-order valence-corrected chi connectivity index (χ2v) is 7.60. The summed E-state index contributed by atoms with van der Waals surface area (Å²) >= 11 is 6.02. The van der Waals surface area contributed by atoms with Gasteiger partial charge < -0.3 is 9.47 Å². The highest BCUT2D eigenvalue weighted by Gasteiger charge is 2.19. The number of fused-ring (bicyclic) bond motifs is 4. The van der Waals surface area contributed by atoms with Crippen LogP contribution in [0.15, 0.2) is 59.5 Å². The average molecular weight is 432 g/mol. The lowest BCUT2D eigenvalue weighted by atomic mass is 10.1. The number of hydrogen-bond donors (Lipinski definition) is 0. The summed E-state index contributed by atoms with van der Waals surface area (Å²) in [6.45, 7) is 2.07. The first-order valence-electron chi connectivity index (χ1n) is 9.53. The molecule has 0 saturated heterocycles. The third-order valence-electron chi connectivity index (χ3n) is 5.32. The molecular weight excluding hydrogens is 418 g/mol. The first-order chi connectivity index (χ1) is 15.1. The Kier molecular flexibility index (Phi) is 3.78. The average Bonchev–Trinajstić information content (AvgIpc) is 3.38. The number of benzene rings is 2. The summed E-state index contributed by atoms with van der Waals surface area (Å²) < 4.78 is 13.9. The van der Waals surface area contributed by atoms with Gasteiger partial charge in [-0.1, -0.05) is 23.7 Å². The van der Waals surface area contributed by atoms with Crippen molar-refractivity contribution >= 4 is 28.3 Å². The van der Waals surface area contributed by atoms with E-state index < -0.39 is 0 Å². The van der Waals surface area contributed by atoms with Gasteiger partial charge in [0.25, 0.3) is 5.56 Å². The van der Waals surface area contributed by atoms with E-state index in [1.165, 1.54) is 4.57 Å². The van der Waals surface area contributed by atoms with Gasteiger partial charge in [-0.2, -0.15) is 5.10 Å². The summed E-state index contributed by atoms with van der Waals surface area (Å²) in [6.07, 6.45) is 1.70. The standard InChI is InChI=1S/C22H14ClN5O3/c1-12-19(13-2-4-14(23)5-3-13)21-25-24-20-16(28(21)26-12)8-9-27(22(20)29)15-6-7-17-18(10-15)31-11-30-17/h2-10H,11H2,1H3. The number of rotatable bonds is 2. The molecule has 8 nitrogen and oxygen atoms in total. The number of nitrogens with zero attached hydrogens (tertiary/aromatic N) is 5. The zero-order valence-electron chi connectivity index (χ0n) is 16.2. The fraction of sp³-hybridized carbons (Fsp3) is 0.0909. The highest BCUT2D eigenvalue weighted by molar-refractivity contribution is 6.30. The third kappa shape index (κ3) is 2.69. The van der Waals surface area contributed by atoms with E-state index in [1.54, 1.807) is 35.0 Å². The Labute approximate surface area is 180 Å². The van der Waals surface area contributed by atoms with Crippen molar-refractivity contribution in [1.29, 1.82) is 0 Å². The zero-order chi connectivity index (χ0) is 21.1. The fourth-order valence-corrected chi connectivity index (χ4v) is 3.97. The van der Waals surface area contributed by atoms with Crippen molar-refractivity contribution < 1.29 is 9.47 Å².